The van der Waals surface area contributed by atoms with E-state index in [9.17, 15) is 9.18 Å². The van der Waals surface area contributed by atoms with Crippen molar-refractivity contribution < 1.29 is 9.18 Å². The highest BCUT2D eigenvalue weighted by Crippen LogP contribution is 2.10. The lowest BCUT2D eigenvalue weighted by atomic mass is 10.2. The van der Waals surface area contributed by atoms with Gasteiger partial charge in [-0.25, -0.2) is 4.39 Å². The zero-order chi connectivity index (χ0) is 18.4. The molecule has 0 aliphatic rings. The summed E-state index contributed by atoms with van der Waals surface area (Å²) in [6, 6.07) is 6.24. The van der Waals surface area contributed by atoms with E-state index in [0.717, 1.165) is 0 Å². The number of carbonyl (C=O) groups excluding carboxylic acids is 1. The lowest BCUT2D eigenvalue weighted by Gasteiger charge is -2.16. The Labute approximate surface area is 146 Å². The molecular weight excluding hydrogens is 323 g/mol. The van der Waals surface area contributed by atoms with Crippen LogP contribution in [-0.2, 0) is 11.3 Å². The van der Waals surface area contributed by atoms with Gasteiger partial charge in [0, 0.05) is 39.8 Å². The van der Waals surface area contributed by atoms with Gasteiger partial charge in [-0.1, -0.05) is 18.2 Å². The summed E-state index contributed by atoms with van der Waals surface area (Å²) in [5.74, 6) is 0.710. The molecule has 132 valence electrons. The molecule has 0 aliphatic carbocycles. The van der Waals surface area contributed by atoms with E-state index >= 15 is 0 Å². The van der Waals surface area contributed by atoms with Gasteiger partial charge in [0.05, 0.1) is 6.54 Å². The fraction of sp³-hybridized carbons (Fsp3) is 0.294. The first kappa shape index (κ1) is 18.3. The van der Waals surface area contributed by atoms with Gasteiger partial charge in [0.25, 0.3) is 0 Å². The fourth-order valence-corrected chi connectivity index (χ4v) is 1.88. The van der Waals surface area contributed by atoms with Gasteiger partial charge in [0.15, 0.2) is 5.82 Å². The van der Waals surface area contributed by atoms with Gasteiger partial charge in [-0.3, -0.25) is 4.79 Å². The molecule has 1 amide bonds. The maximum absolute atomic E-state index is 13.5. The van der Waals surface area contributed by atoms with Crippen LogP contribution in [0.15, 0.2) is 30.3 Å². The van der Waals surface area contributed by atoms with Crippen LogP contribution in [0.2, 0.25) is 0 Å². The van der Waals surface area contributed by atoms with Crippen molar-refractivity contribution in [3.8, 4) is 0 Å². The topological polar surface area (TPSA) is 74.2 Å². The molecule has 0 saturated heterocycles. The van der Waals surface area contributed by atoms with Crippen LogP contribution < -0.4 is 15.1 Å². The molecule has 0 saturated carbocycles. The maximum Gasteiger partial charge on any atom is 0.244 e. The summed E-state index contributed by atoms with van der Waals surface area (Å²) in [5.41, 5.74) is 0.350. The minimum Gasteiger partial charge on any atom is -0.347 e. The number of aromatic nitrogens is 3. The van der Waals surface area contributed by atoms with Crippen molar-refractivity contribution in [3.05, 3.63) is 47.5 Å². The largest absolute Gasteiger partial charge is 0.347 e. The molecule has 2 aromatic rings. The van der Waals surface area contributed by atoms with Gasteiger partial charge in [0.2, 0.25) is 17.8 Å². The van der Waals surface area contributed by atoms with Crippen LogP contribution in [0.25, 0.3) is 6.08 Å². The van der Waals surface area contributed by atoms with Crippen molar-refractivity contribution in [1.82, 2.24) is 20.3 Å². The van der Waals surface area contributed by atoms with E-state index in [0.29, 0.717) is 23.3 Å². The van der Waals surface area contributed by atoms with Gasteiger partial charge in [0.1, 0.15) is 5.82 Å². The molecule has 2 rings (SSSR count). The lowest BCUT2D eigenvalue weighted by molar-refractivity contribution is -0.116. The van der Waals surface area contributed by atoms with Gasteiger partial charge in [-0.2, -0.15) is 15.0 Å². The number of hydrogen-bond donors (Lipinski definition) is 1. The zero-order valence-electron chi connectivity index (χ0n) is 14.7. The maximum atomic E-state index is 13.5. The molecule has 0 aliphatic heterocycles. The molecule has 25 heavy (non-hydrogen) atoms. The Bertz CT molecular complexity index is 749. The number of rotatable bonds is 6. The first-order chi connectivity index (χ1) is 11.9. The van der Waals surface area contributed by atoms with Crippen molar-refractivity contribution in [2.45, 2.75) is 6.54 Å². The summed E-state index contributed by atoms with van der Waals surface area (Å²) >= 11 is 0. The van der Waals surface area contributed by atoms with E-state index in [2.05, 4.69) is 20.3 Å². The monoisotopic (exact) mass is 344 g/mol. The fourth-order valence-electron chi connectivity index (χ4n) is 1.88. The van der Waals surface area contributed by atoms with Crippen LogP contribution >= 0.6 is 0 Å². The third kappa shape index (κ3) is 5.23. The first-order valence-corrected chi connectivity index (χ1v) is 7.67. The molecule has 0 unspecified atom stereocenters. The van der Waals surface area contributed by atoms with Gasteiger partial charge in [-0.05, 0) is 12.1 Å². The van der Waals surface area contributed by atoms with Crippen molar-refractivity contribution in [3.63, 3.8) is 0 Å². The summed E-state index contributed by atoms with van der Waals surface area (Å²) in [6.45, 7) is 0.143. The molecule has 1 aromatic carbocycles. The van der Waals surface area contributed by atoms with E-state index in [1.807, 2.05) is 28.2 Å². The summed E-state index contributed by atoms with van der Waals surface area (Å²) in [5, 5.41) is 2.68. The molecular formula is C17H21FN6O. The Morgan fingerprint density at radius 3 is 2.24 bits per heavy atom. The van der Waals surface area contributed by atoms with E-state index in [1.54, 1.807) is 28.0 Å². The number of hydrogen-bond acceptors (Lipinski definition) is 6. The van der Waals surface area contributed by atoms with Crippen LogP contribution in [0.4, 0.5) is 16.3 Å². The SMILES string of the molecule is CN(C)c1nc(CNC(=O)/C=C/c2ccccc2F)nc(N(C)C)n1. The quantitative estimate of drug-likeness (QED) is 0.800. The number of amides is 1. The Morgan fingerprint density at radius 2 is 1.68 bits per heavy atom. The molecule has 1 aromatic heterocycles. The van der Waals surface area contributed by atoms with Crippen molar-refractivity contribution in [2.24, 2.45) is 0 Å². The summed E-state index contributed by atoms with van der Waals surface area (Å²) in [4.78, 5) is 28.4. The smallest absolute Gasteiger partial charge is 0.244 e. The second-order valence-corrected chi connectivity index (χ2v) is 5.71. The third-order valence-corrected chi connectivity index (χ3v) is 3.20. The van der Waals surface area contributed by atoms with E-state index in [4.69, 9.17) is 0 Å². The van der Waals surface area contributed by atoms with Crippen molar-refractivity contribution in [1.29, 1.82) is 0 Å². The number of halogens is 1. The second kappa shape index (κ2) is 8.18. The first-order valence-electron chi connectivity index (χ1n) is 7.67. The highest BCUT2D eigenvalue weighted by Gasteiger charge is 2.10. The molecule has 0 spiro atoms. The normalized spacial score (nSPS) is 10.8. The van der Waals surface area contributed by atoms with Crippen LogP contribution in [0.3, 0.4) is 0 Å². The van der Waals surface area contributed by atoms with Crippen molar-refractivity contribution in [2.75, 3.05) is 38.0 Å². The molecule has 0 radical (unpaired) electrons. The Kier molecular flexibility index (Phi) is 5.99. The number of nitrogens with one attached hydrogen (secondary N) is 1. The zero-order valence-corrected chi connectivity index (χ0v) is 14.7. The Hall–Kier alpha value is -3.03. The highest BCUT2D eigenvalue weighted by molar-refractivity contribution is 5.91. The predicted molar refractivity (Wildman–Crippen MR) is 95.8 cm³/mol. The molecule has 0 fully saturated rings. The van der Waals surface area contributed by atoms with Gasteiger partial charge < -0.3 is 15.1 Å². The molecule has 8 heteroatoms. The molecule has 1 N–H and O–H groups in total. The van der Waals surface area contributed by atoms with Crippen LogP contribution in [0.5, 0.6) is 0 Å². The third-order valence-electron chi connectivity index (χ3n) is 3.20. The van der Waals surface area contributed by atoms with Crippen molar-refractivity contribution >= 4 is 23.9 Å². The van der Waals surface area contributed by atoms with E-state index in [1.165, 1.54) is 18.2 Å². The van der Waals surface area contributed by atoms with E-state index in [-0.39, 0.29) is 18.3 Å². The van der Waals surface area contributed by atoms with Crippen LogP contribution in [0, 0.1) is 5.82 Å². The van der Waals surface area contributed by atoms with Crippen LogP contribution in [-0.4, -0.2) is 49.0 Å². The van der Waals surface area contributed by atoms with Gasteiger partial charge >= 0.3 is 0 Å². The summed E-state index contributed by atoms with van der Waals surface area (Å²) in [6.07, 6.45) is 2.70. The second-order valence-electron chi connectivity index (χ2n) is 5.71. The predicted octanol–water partition coefficient (Wildman–Crippen LogP) is 1.47. The average Bonchev–Trinajstić information content (AvgIpc) is 2.58. The number of carbonyl (C=O) groups is 1. The Morgan fingerprint density at radius 1 is 1.08 bits per heavy atom. The molecule has 0 atom stereocenters. The molecule has 1 heterocycles. The summed E-state index contributed by atoms with van der Waals surface area (Å²) in [7, 11) is 7.31. The Balaban J connectivity index is 2.05. The number of nitrogens with zero attached hydrogens (tertiary/aromatic N) is 5. The van der Waals surface area contributed by atoms with Crippen LogP contribution in [0.1, 0.15) is 11.4 Å². The lowest BCUT2D eigenvalue weighted by Crippen LogP contribution is -2.25. The summed E-state index contributed by atoms with van der Waals surface area (Å²) < 4.78 is 13.5. The minimum absolute atomic E-state index is 0.143. The number of benzene rings is 1. The van der Waals surface area contributed by atoms with Gasteiger partial charge in [-0.15, -0.1) is 0 Å². The highest BCUT2D eigenvalue weighted by atomic mass is 19.1. The standard InChI is InChI=1S/C17H21FN6O/c1-23(2)16-20-14(21-17(22-16)24(3)4)11-19-15(25)10-9-12-7-5-6-8-13(12)18/h5-10H,11H2,1-4H3,(H,19,25)/b10-9+. The molecule has 0 bridgehead atoms. The minimum atomic E-state index is -0.379. The average molecular weight is 344 g/mol. The van der Waals surface area contributed by atoms with E-state index < -0.39 is 0 Å². The number of anilines is 2. The molecule has 7 nitrogen and oxygen atoms in total.